The Hall–Kier alpha value is -2.91. The molecule has 0 aliphatic heterocycles. The van der Waals surface area contributed by atoms with Crippen LogP contribution in [0.25, 0.3) is 0 Å². The van der Waals surface area contributed by atoms with Crippen LogP contribution < -0.4 is 5.32 Å². The van der Waals surface area contributed by atoms with Crippen LogP contribution in [0.1, 0.15) is 17.9 Å². The van der Waals surface area contributed by atoms with Gasteiger partial charge in [-0.1, -0.05) is 12.1 Å². The quantitative estimate of drug-likeness (QED) is 0.855. The van der Waals surface area contributed by atoms with Gasteiger partial charge in [0.25, 0.3) is 5.92 Å². The largest absolute Gasteiger partial charge is 0.345 e. The molecular weight excluding hydrogens is 262 g/mol. The average molecular weight is 270 g/mol. The van der Waals surface area contributed by atoms with Crippen LogP contribution in [-0.4, -0.2) is 5.92 Å². The molecule has 0 spiro atoms. The first-order valence-corrected chi connectivity index (χ1v) is 5.71. The van der Waals surface area contributed by atoms with Gasteiger partial charge >= 0.3 is 0 Å². The number of alkyl halides is 2. The number of hydrogen-bond donors (Lipinski definition) is 1. The first-order valence-electron chi connectivity index (χ1n) is 5.71. The molecule has 0 heterocycles. The van der Waals surface area contributed by atoms with Gasteiger partial charge in [0.2, 0.25) is 0 Å². The molecule has 0 radical (unpaired) electrons. The van der Waals surface area contributed by atoms with E-state index in [0.717, 1.165) is 0 Å². The van der Waals surface area contributed by atoms with Gasteiger partial charge in [-0.2, -0.15) is 15.8 Å². The molecule has 0 bridgehead atoms. The second kappa shape index (κ2) is 4.99. The lowest BCUT2D eigenvalue weighted by molar-refractivity contribution is 0.112. The minimum atomic E-state index is -2.67. The summed E-state index contributed by atoms with van der Waals surface area (Å²) in [6.45, 7) is 0. The summed E-state index contributed by atoms with van der Waals surface area (Å²) in [4.78, 5) is 0. The van der Waals surface area contributed by atoms with E-state index in [9.17, 15) is 8.78 Å². The Morgan fingerprint density at radius 2 is 1.85 bits per heavy atom. The number of benzene rings is 1. The van der Waals surface area contributed by atoms with Crippen LogP contribution in [0.2, 0.25) is 0 Å². The maximum absolute atomic E-state index is 13.0. The van der Waals surface area contributed by atoms with Crippen molar-refractivity contribution in [2.24, 2.45) is 0 Å². The first-order chi connectivity index (χ1) is 9.51. The Bertz CT molecular complexity index is 685. The summed E-state index contributed by atoms with van der Waals surface area (Å²) in [5, 5.41) is 28.9. The van der Waals surface area contributed by atoms with Gasteiger partial charge in [0.1, 0.15) is 23.9 Å². The number of nitriles is 3. The lowest BCUT2D eigenvalue weighted by Crippen LogP contribution is -2.01. The third-order valence-corrected chi connectivity index (χ3v) is 2.97. The minimum Gasteiger partial charge on any atom is -0.345 e. The summed E-state index contributed by atoms with van der Waals surface area (Å²) in [5.74, 6) is -3.47. The molecule has 20 heavy (non-hydrogen) atoms. The van der Waals surface area contributed by atoms with E-state index in [-0.39, 0.29) is 17.7 Å². The zero-order valence-electron chi connectivity index (χ0n) is 10.2. The molecule has 1 saturated carbocycles. The van der Waals surface area contributed by atoms with Crippen molar-refractivity contribution in [1.82, 2.24) is 0 Å². The zero-order chi connectivity index (χ0) is 14.8. The highest BCUT2D eigenvalue weighted by Crippen LogP contribution is 2.55. The topological polar surface area (TPSA) is 83.4 Å². The lowest BCUT2D eigenvalue weighted by atomic mass is 10.1. The van der Waals surface area contributed by atoms with Gasteiger partial charge in [0.05, 0.1) is 5.92 Å². The predicted octanol–water partition coefficient (Wildman–Crippen LogP) is 3.05. The molecule has 2 rings (SSSR count). The maximum atomic E-state index is 13.0. The summed E-state index contributed by atoms with van der Waals surface area (Å²) in [6.07, 6.45) is -0.182. The maximum Gasteiger partial charge on any atom is 0.255 e. The molecule has 98 valence electrons. The van der Waals surface area contributed by atoms with Crippen molar-refractivity contribution >= 4 is 5.69 Å². The molecular formula is C14H8F2N4. The molecule has 1 fully saturated rings. The molecule has 0 aromatic heterocycles. The summed E-state index contributed by atoms with van der Waals surface area (Å²) in [5.41, 5.74) is 0.307. The van der Waals surface area contributed by atoms with Crippen molar-refractivity contribution in [3.8, 4) is 18.2 Å². The summed E-state index contributed by atoms with van der Waals surface area (Å²) in [7, 11) is 0. The van der Waals surface area contributed by atoms with Crippen molar-refractivity contribution in [3.05, 3.63) is 41.1 Å². The van der Waals surface area contributed by atoms with E-state index in [1.54, 1.807) is 36.4 Å². The second-order valence-electron chi connectivity index (χ2n) is 4.35. The van der Waals surface area contributed by atoms with E-state index >= 15 is 0 Å². The van der Waals surface area contributed by atoms with Gasteiger partial charge in [0.15, 0.2) is 5.57 Å². The average Bonchev–Trinajstić information content (AvgIpc) is 3.08. The molecule has 1 aromatic rings. The highest BCUT2D eigenvalue weighted by molar-refractivity contribution is 5.59. The Morgan fingerprint density at radius 1 is 1.20 bits per heavy atom. The van der Waals surface area contributed by atoms with E-state index in [1.165, 1.54) is 6.07 Å². The Morgan fingerprint density at radius 3 is 2.35 bits per heavy atom. The van der Waals surface area contributed by atoms with Gasteiger partial charge in [-0.25, -0.2) is 8.78 Å². The molecule has 1 unspecified atom stereocenters. The summed E-state index contributed by atoms with van der Waals surface area (Å²) >= 11 is 0. The van der Waals surface area contributed by atoms with Crippen molar-refractivity contribution < 1.29 is 8.78 Å². The van der Waals surface area contributed by atoms with E-state index in [0.29, 0.717) is 11.3 Å². The van der Waals surface area contributed by atoms with Crippen LogP contribution in [0.4, 0.5) is 14.5 Å². The van der Waals surface area contributed by atoms with E-state index in [2.05, 4.69) is 5.32 Å². The Kier molecular flexibility index (Phi) is 3.37. The molecule has 6 heteroatoms. The number of nitrogens with zero attached hydrogens (tertiary/aromatic N) is 3. The molecule has 1 aliphatic carbocycles. The van der Waals surface area contributed by atoms with Crippen molar-refractivity contribution in [1.29, 1.82) is 15.8 Å². The number of halogens is 2. The molecule has 0 amide bonds. The normalized spacial score (nSPS) is 18.1. The minimum absolute atomic E-state index is 0.182. The predicted molar refractivity (Wildman–Crippen MR) is 66.2 cm³/mol. The fraction of sp³-hybridized carbons (Fsp3) is 0.214. The van der Waals surface area contributed by atoms with Crippen LogP contribution in [-0.2, 0) is 0 Å². The molecule has 0 saturated heterocycles. The number of nitrogens with one attached hydrogen (secondary N) is 1. The van der Waals surface area contributed by atoms with Crippen LogP contribution in [0, 0.1) is 34.0 Å². The molecule has 1 N–H and O–H groups in total. The summed E-state index contributed by atoms with van der Waals surface area (Å²) < 4.78 is 26.0. The van der Waals surface area contributed by atoms with Gasteiger partial charge in [0, 0.05) is 12.1 Å². The smallest absolute Gasteiger partial charge is 0.255 e. The van der Waals surface area contributed by atoms with Crippen LogP contribution in [0.15, 0.2) is 35.5 Å². The van der Waals surface area contributed by atoms with E-state index < -0.39 is 11.8 Å². The van der Waals surface area contributed by atoms with E-state index in [1.807, 2.05) is 0 Å². The first kappa shape index (κ1) is 13.5. The number of anilines is 1. The van der Waals surface area contributed by atoms with Gasteiger partial charge in [-0.3, -0.25) is 0 Å². The number of rotatable bonds is 3. The fourth-order valence-electron chi connectivity index (χ4n) is 1.84. The fourth-order valence-corrected chi connectivity index (χ4v) is 1.84. The van der Waals surface area contributed by atoms with Gasteiger partial charge in [-0.15, -0.1) is 0 Å². The van der Waals surface area contributed by atoms with Crippen LogP contribution >= 0.6 is 0 Å². The highest BCUT2D eigenvalue weighted by Gasteiger charge is 2.57. The van der Waals surface area contributed by atoms with E-state index in [4.69, 9.17) is 15.8 Å². The van der Waals surface area contributed by atoms with Crippen LogP contribution in [0.3, 0.4) is 0 Å². The van der Waals surface area contributed by atoms with Gasteiger partial charge < -0.3 is 5.32 Å². The van der Waals surface area contributed by atoms with Crippen molar-refractivity contribution in [3.63, 3.8) is 0 Å². The molecule has 4 nitrogen and oxygen atoms in total. The second-order valence-corrected chi connectivity index (χ2v) is 4.35. The standard InChI is InChI=1S/C14H8F2N4/c15-14(16)5-12(14)9-2-1-3-11(4-9)20-13(8-19)10(6-17)7-18/h1-4,12,20H,5H2. The van der Waals surface area contributed by atoms with Crippen molar-refractivity contribution in [2.75, 3.05) is 5.32 Å². The third kappa shape index (κ3) is 2.58. The molecule has 1 atom stereocenters. The zero-order valence-corrected chi connectivity index (χ0v) is 10.2. The molecule has 1 aromatic carbocycles. The van der Waals surface area contributed by atoms with Gasteiger partial charge in [-0.05, 0) is 17.7 Å². The Labute approximate surface area is 114 Å². The Balaban J connectivity index is 2.26. The molecule has 1 aliphatic rings. The monoisotopic (exact) mass is 270 g/mol. The third-order valence-electron chi connectivity index (χ3n) is 2.97. The number of hydrogen-bond acceptors (Lipinski definition) is 4. The summed E-state index contributed by atoms with van der Waals surface area (Å²) in [6, 6.07) is 11.1. The SMILES string of the molecule is N#CC(C#N)=C(C#N)Nc1cccc(C2CC2(F)F)c1. The van der Waals surface area contributed by atoms with Crippen molar-refractivity contribution in [2.45, 2.75) is 18.3 Å². The lowest BCUT2D eigenvalue weighted by Gasteiger charge is -2.07. The van der Waals surface area contributed by atoms with Crippen LogP contribution in [0.5, 0.6) is 0 Å². The number of allylic oxidation sites excluding steroid dienone is 2. The highest BCUT2D eigenvalue weighted by atomic mass is 19.3.